The van der Waals surface area contributed by atoms with Crippen molar-refractivity contribution >= 4 is 63.6 Å². The third kappa shape index (κ3) is 4.54. The molecule has 0 aliphatic heterocycles. The van der Waals surface area contributed by atoms with E-state index in [2.05, 4.69) is 20.8 Å². The molecule has 0 saturated heterocycles. The van der Waals surface area contributed by atoms with Gasteiger partial charge in [-0.3, -0.25) is 5.43 Å². The van der Waals surface area contributed by atoms with E-state index in [9.17, 15) is 15.5 Å². The van der Waals surface area contributed by atoms with Gasteiger partial charge in [0.05, 0.1) is 10.0 Å². The number of benzene rings is 2. The number of aromatic hydroxyl groups is 2. The van der Waals surface area contributed by atoms with Crippen molar-refractivity contribution in [3.63, 3.8) is 0 Å². The Kier molecular flexibility index (Phi) is 6.73. The summed E-state index contributed by atoms with van der Waals surface area (Å²) in [6, 6.07) is 4.45. The maximum atomic E-state index is 10.0. The van der Waals surface area contributed by atoms with Gasteiger partial charge in [-0.25, -0.2) is 0 Å². The van der Waals surface area contributed by atoms with E-state index in [0.29, 0.717) is 16.1 Å². The molecule has 140 valence electrons. The van der Waals surface area contributed by atoms with Crippen molar-refractivity contribution in [1.82, 2.24) is 0 Å². The van der Waals surface area contributed by atoms with Crippen LogP contribution in [0.2, 0.25) is 20.1 Å². The van der Waals surface area contributed by atoms with Crippen LogP contribution in [0, 0.1) is 25.2 Å². The molecule has 0 spiro atoms. The summed E-state index contributed by atoms with van der Waals surface area (Å²) in [6.45, 7) is 3.22. The smallest absolute Gasteiger partial charge is 0.270 e. The average molecular weight is 447 g/mol. The molecule has 0 aromatic heterocycles. The number of hydrogen-bond acceptors (Lipinski definition) is 6. The molecule has 7 nitrogen and oxygen atoms in total. The van der Waals surface area contributed by atoms with Gasteiger partial charge >= 0.3 is 0 Å². The van der Waals surface area contributed by atoms with E-state index in [1.165, 1.54) is 12.1 Å². The molecular weight excluding hydrogens is 436 g/mol. The molecule has 11 heteroatoms. The number of rotatable bonds is 3. The number of hydrazone groups is 1. The van der Waals surface area contributed by atoms with Crippen LogP contribution in [0.15, 0.2) is 27.5 Å². The van der Waals surface area contributed by atoms with Gasteiger partial charge < -0.3 is 10.2 Å². The van der Waals surface area contributed by atoms with Crippen LogP contribution in [0.4, 0.5) is 11.4 Å². The van der Waals surface area contributed by atoms with Gasteiger partial charge in [-0.05, 0) is 37.1 Å². The van der Waals surface area contributed by atoms with E-state index in [1.807, 2.05) is 0 Å². The fourth-order valence-corrected chi connectivity index (χ4v) is 2.85. The molecule has 27 heavy (non-hydrogen) atoms. The highest BCUT2D eigenvalue weighted by Gasteiger charge is 2.14. The summed E-state index contributed by atoms with van der Waals surface area (Å²) in [5, 5.41) is 40.9. The molecule has 2 rings (SSSR count). The zero-order chi connectivity index (χ0) is 20.3. The number of phenols is 2. The first kappa shape index (κ1) is 21.1. The van der Waals surface area contributed by atoms with Crippen LogP contribution >= 0.6 is 46.4 Å². The zero-order valence-corrected chi connectivity index (χ0v) is 16.9. The number of phenolic OH excluding ortho intramolecular Hbond substituents is 2. The van der Waals surface area contributed by atoms with Gasteiger partial charge in [-0.2, -0.15) is 5.26 Å². The van der Waals surface area contributed by atoms with Crippen LogP contribution in [0.25, 0.3) is 0 Å². The van der Waals surface area contributed by atoms with Crippen molar-refractivity contribution < 1.29 is 10.2 Å². The van der Waals surface area contributed by atoms with Crippen molar-refractivity contribution in [3.8, 4) is 17.6 Å². The minimum absolute atomic E-state index is 0.000257. The number of nitrogens with zero attached hydrogens (tertiary/aromatic N) is 4. The molecule has 0 fully saturated rings. The molecule has 0 unspecified atom stereocenters. The van der Waals surface area contributed by atoms with Crippen LogP contribution in [0.5, 0.6) is 11.5 Å². The Bertz CT molecular complexity index is 963. The lowest BCUT2D eigenvalue weighted by molar-refractivity contribution is 0.476. The second-order valence-corrected chi connectivity index (χ2v) is 6.84. The summed E-state index contributed by atoms with van der Waals surface area (Å²) >= 11 is 23.7. The summed E-state index contributed by atoms with van der Waals surface area (Å²) in [5.74, 6) is -1.02. The zero-order valence-electron chi connectivity index (χ0n) is 13.8. The molecule has 0 bridgehead atoms. The van der Waals surface area contributed by atoms with Crippen molar-refractivity contribution in [2.75, 3.05) is 5.43 Å². The van der Waals surface area contributed by atoms with Crippen LogP contribution in [0.1, 0.15) is 11.1 Å². The van der Waals surface area contributed by atoms with E-state index >= 15 is 0 Å². The number of azo groups is 1. The van der Waals surface area contributed by atoms with E-state index in [0.717, 1.165) is 0 Å². The molecule has 3 N–H and O–H groups in total. The predicted molar refractivity (Wildman–Crippen MR) is 107 cm³/mol. The highest BCUT2D eigenvalue weighted by Crippen LogP contribution is 2.41. The maximum Gasteiger partial charge on any atom is 0.270 e. The second kappa shape index (κ2) is 8.63. The van der Waals surface area contributed by atoms with Gasteiger partial charge in [0.2, 0.25) is 0 Å². The second-order valence-electron chi connectivity index (χ2n) is 5.21. The number of amidine groups is 1. The first-order valence-electron chi connectivity index (χ1n) is 7.18. The third-order valence-electron chi connectivity index (χ3n) is 3.49. The van der Waals surface area contributed by atoms with Gasteiger partial charge in [0, 0.05) is 10.0 Å². The van der Waals surface area contributed by atoms with Crippen molar-refractivity contribution in [3.05, 3.63) is 43.4 Å². The Morgan fingerprint density at radius 3 is 2.11 bits per heavy atom. The molecule has 2 aromatic rings. The molecule has 0 atom stereocenters. The topological polar surface area (TPSA) is 113 Å². The molecule has 0 heterocycles. The van der Waals surface area contributed by atoms with Gasteiger partial charge in [0.25, 0.3) is 5.84 Å². The Labute approximate surface area is 174 Å². The average Bonchev–Trinajstić information content (AvgIpc) is 2.63. The Morgan fingerprint density at radius 2 is 1.52 bits per heavy atom. The van der Waals surface area contributed by atoms with Crippen molar-refractivity contribution in [1.29, 1.82) is 5.26 Å². The monoisotopic (exact) mass is 445 g/mol. The van der Waals surface area contributed by atoms with Gasteiger partial charge in [-0.1, -0.05) is 46.4 Å². The summed E-state index contributed by atoms with van der Waals surface area (Å²) in [5.41, 5.74) is 3.48. The lowest BCUT2D eigenvalue weighted by Crippen LogP contribution is -1.99. The number of nitriles is 1. The van der Waals surface area contributed by atoms with Crippen LogP contribution in [-0.2, 0) is 0 Å². The molecular formula is C16H11Cl4N5O2. The molecule has 0 aliphatic carbocycles. The minimum atomic E-state index is -0.403. The molecule has 0 amide bonds. The summed E-state index contributed by atoms with van der Waals surface area (Å²) in [7, 11) is 0. The standard InChI is InChI=1S/C16H11Cl4N5O2/c1-6-8(17)3-10(19)15(26)13(6)24-22-12(5-21)23-25-14-7(2)9(18)4-11(20)16(14)27/h3-4,24,26-27H,1-2H3/b22-12+,25-23+. The number of hydrogen-bond donors (Lipinski definition) is 3. The third-order valence-corrected chi connectivity index (χ3v) is 4.85. The lowest BCUT2D eigenvalue weighted by Gasteiger charge is -2.10. The fraction of sp³-hybridized carbons (Fsp3) is 0.125. The summed E-state index contributed by atoms with van der Waals surface area (Å²) in [6.07, 6.45) is 0. The lowest BCUT2D eigenvalue weighted by atomic mass is 10.2. The minimum Gasteiger partial charge on any atom is -0.504 e. The fourth-order valence-electron chi connectivity index (χ4n) is 1.93. The number of halogens is 4. The molecule has 0 radical (unpaired) electrons. The molecule has 2 aromatic carbocycles. The van der Waals surface area contributed by atoms with E-state index < -0.39 is 5.84 Å². The van der Waals surface area contributed by atoms with E-state index in [1.54, 1.807) is 19.9 Å². The highest BCUT2D eigenvalue weighted by atomic mass is 35.5. The Balaban J connectivity index is 2.38. The normalized spacial score (nSPS) is 11.7. The van der Waals surface area contributed by atoms with Crippen LogP contribution < -0.4 is 5.43 Å². The Morgan fingerprint density at radius 1 is 0.963 bits per heavy atom. The van der Waals surface area contributed by atoms with Gasteiger partial charge in [-0.15, -0.1) is 15.3 Å². The number of nitrogens with one attached hydrogen (secondary N) is 1. The first-order chi connectivity index (χ1) is 12.7. The maximum absolute atomic E-state index is 10.0. The molecule has 0 aliphatic rings. The van der Waals surface area contributed by atoms with Gasteiger partial charge in [0.15, 0.2) is 11.5 Å². The summed E-state index contributed by atoms with van der Waals surface area (Å²) in [4.78, 5) is 0. The van der Waals surface area contributed by atoms with Crippen LogP contribution in [0.3, 0.4) is 0 Å². The van der Waals surface area contributed by atoms with Crippen LogP contribution in [-0.4, -0.2) is 16.0 Å². The highest BCUT2D eigenvalue weighted by molar-refractivity contribution is 6.37. The SMILES string of the molecule is Cc1c(Cl)cc(Cl)c(O)c1/N=N/C(C#N)=N/Nc1c(C)c(Cl)cc(Cl)c1O. The van der Waals surface area contributed by atoms with Crippen molar-refractivity contribution in [2.45, 2.75) is 13.8 Å². The summed E-state index contributed by atoms with van der Waals surface area (Å²) < 4.78 is 0. The van der Waals surface area contributed by atoms with E-state index in [-0.39, 0.29) is 37.9 Å². The van der Waals surface area contributed by atoms with Gasteiger partial charge in [0.1, 0.15) is 17.4 Å². The first-order valence-corrected chi connectivity index (χ1v) is 8.69. The number of anilines is 1. The largest absolute Gasteiger partial charge is 0.504 e. The van der Waals surface area contributed by atoms with Crippen molar-refractivity contribution in [2.24, 2.45) is 15.3 Å². The predicted octanol–water partition coefficient (Wildman–Crippen LogP) is 6.36. The molecule has 0 saturated carbocycles. The Hall–Kier alpha value is -2.24. The quantitative estimate of drug-likeness (QED) is 0.167. The van der Waals surface area contributed by atoms with E-state index in [4.69, 9.17) is 46.4 Å².